The SMILES string of the molecule is CCCOc1ccc(Cl)cc1CNCCCSc1nnnn1C. The number of benzene rings is 1. The second kappa shape index (κ2) is 9.75. The predicted octanol–water partition coefficient (Wildman–Crippen LogP) is 2.92. The first-order chi connectivity index (χ1) is 11.2. The van der Waals surface area contributed by atoms with Gasteiger partial charge in [0.25, 0.3) is 0 Å². The molecule has 2 rings (SSSR count). The molecule has 0 atom stereocenters. The van der Waals surface area contributed by atoms with Crippen LogP contribution in [-0.2, 0) is 13.6 Å². The van der Waals surface area contributed by atoms with Crippen molar-refractivity contribution in [1.82, 2.24) is 25.5 Å². The molecule has 0 bridgehead atoms. The molecule has 6 nitrogen and oxygen atoms in total. The van der Waals surface area contributed by atoms with E-state index in [4.69, 9.17) is 16.3 Å². The fourth-order valence-corrected chi connectivity index (χ4v) is 2.95. The molecule has 0 fully saturated rings. The minimum atomic E-state index is 0.719. The number of hydrogen-bond acceptors (Lipinski definition) is 6. The fraction of sp³-hybridized carbons (Fsp3) is 0.533. The summed E-state index contributed by atoms with van der Waals surface area (Å²) in [6.45, 7) is 4.48. The molecule has 0 aliphatic rings. The van der Waals surface area contributed by atoms with Gasteiger partial charge in [-0.15, -0.1) is 5.10 Å². The second-order valence-corrected chi connectivity index (χ2v) is 6.56. The molecular formula is C15H22ClN5OS. The number of rotatable bonds is 10. The van der Waals surface area contributed by atoms with Crippen LogP contribution in [0.15, 0.2) is 23.4 Å². The van der Waals surface area contributed by atoms with Gasteiger partial charge < -0.3 is 10.1 Å². The molecule has 0 saturated heterocycles. The first-order valence-corrected chi connectivity index (χ1v) is 9.04. The number of nitrogens with zero attached hydrogens (tertiary/aromatic N) is 4. The van der Waals surface area contributed by atoms with Crippen molar-refractivity contribution in [2.24, 2.45) is 7.05 Å². The maximum Gasteiger partial charge on any atom is 0.209 e. The normalized spacial score (nSPS) is 10.9. The lowest BCUT2D eigenvalue weighted by molar-refractivity contribution is 0.313. The number of thioether (sulfide) groups is 1. The van der Waals surface area contributed by atoms with Crippen molar-refractivity contribution in [3.05, 3.63) is 28.8 Å². The number of aromatic nitrogens is 4. The molecule has 8 heteroatoms. The van der Waals surface area contributed by atoms with E-state index in [1.165, 1.54) is 0 Å². The Kier molecular flexibility index (Phi) is 7.64. The summed E-state index contributed by atoms with van der Waals surface area (Å²) < 4.78 is 7.44. The molecule has 0 spiro atoms. The van der Waals surface area contributed by atoms with Crippen LogP contribution in [-0.4, -0.2) is 39.1 Å². The second-order valence-electron chi connectivity index (χ2n) is 5.06. The number of hydrogen-bond donors (Lipinski definition) is 1. The van der Waals surface area contributed by atoms with Crippen molar-refractivity contribution in [2.75, 3.05) is 18.9 Å². The van der Waals surface area contributed by atoms with Crippen LogP contribution in [0.3, 0.4) is 0 Å². The van der Waals surface area contributed by atoms with Crippen LogP contribution in [0.4, 0.5) is 0 Å². The van der Waals surface area contributed by atoms with Crippen LogP contribution >= 0.6 is 23.4 Å². The molecule has 0 unspecified atom stereocenters. The van der Waals surface area contributed by atoms with E-state index in [0.29, 0.717) is 0 Å². The van der Waals surface area contributed by atoms with Crippen LogP contribution in [0.2, 0.25) is 5.02 Å². The van der Waals surface area contributed by atoms with Gasteiger partial charge in [-0.3, -0.25) is 0 Å². The van der Waals surface area contributed by atoms with Crippen molar-refractivity contribution in [3.63, 3.8) is 0 Å². The van der Waals surface area contributed by atoms with E-state index >= 15 is 0 Å². The predicted molar refractivity (Wildman–Crippen MR) is 93.1 cm³/mol. The van der Waals surface area contributed by atoms with E-state index < -0.39 is 0 Å². The lowest BCUT2D eigenvalue weighted by atomic mass is 10.2. The molecule has 1 heterocycles. The topological polar surface area (TPSA) is 64.9 Å². The summed E-state index contributed by atoms with van der Waals surface area (Å²) in [6.07, 6.45) is 2.02. The summed E-state index contributed by atoms with van der Waals surface area (Å²) in [6, 6.07) is 5.76. The fourth-order valence-electron chi connectivity index (χ4n) is 1.97. The highest BCUT2D eigenvalue weighted by molar-refractivity contribution is 7.99. The number of ether oxygens (including phenoxy) is 1. The molecule has 0 aliphatic carbocycles. The zero-order chi connectivity index (χ0) is 16.5. The van der Waals surface area contributed by atoms with E-state index in [2.05, 4.69) is 27.8 Å². The summed E-state index contributed by atoms with van der Waals surface area (Å²) in [5.74, 6) is 1.87. The third-order valence-corrected chi connectivity index (χ3v) is 4.44. The summed E-state index contributed by atoms with van der Waals surface area (Å²) >= 11 is 7.74. The Labute approximate surface area is 145 Å². The average molecular weight is 356 g/mol. The maximum atomic E-state index is 6.08. The lowest BCUT2D eigenvalue weighted by Gasteiger charge is -2.12. The summed E-state index contributed by atoms with van der Waals surface area (Å²) in [4.78, 5) is 0. The lowest BCUT2D eigenvalue weighted by Crippen LogP contribution is -2.16. The number of aryl methyl sites for hydroxylation is 1. The van der Waals surface area contributed by atoms with Crippen LogP contribution in [0, 0.1) is 0 Å². The molecule has 2 aromatic rings. The quantitative estimate of drug-likeness (QED) is 0.522. The van der Waals surface area contributed by atoms with E-state index in [0.717, 1.165) is 59.8 Å². The Morgan fingerprint density at radius 1 is 1.39 bits per heavy atom. The van der Waals surface area contributed by atoms with Crippen molar-refractivity contribution in [3.8, 4) is 5.75 Å². The standard InChI is InChI=1S/C15H22ClN5OS/c1-3-8-22-14-6-5-13(16)10-12(14)11-17-7-4-9-23-15-18-19-20-21(15)2/h5-6,10,17H,3-4,7-9,11H2,1-2H3. The highest BCUT2D eigenvalue weighted by atomic mass is 35.5. The van der Waals surface area contributed by atoms with E-state index in [9.17, 15) is 0 Å². The molecule has 0 aliphatic heterocycles. The van der Waals surface area contributed by atoms with Crippen molar-refractivity contribution in [1.29, 1.82) is 0 Å². The smallest absolute Gasteiger partial charge is 0.209 e. The van der Waals surface area contributed by atoms with Gasteiger partial charge in [-0.1, -0.05) is 30.3 Å². The molecule has 0 amide bonds. The molecule has 1 N–H and O–H groups in total. The summed E-state index contributed by atoms with van der Waals surface area (Å²) in [7, 11) is 1.84. The van der Waals surface area contributed by atoms with Gasteiger partial charge in [-0.2, -0.15) is 0 Å². The molecule has 1 aromatic heterocycles. The number of nitrogens with one attached hydrogen (secondary N) is 1. The molecule has 0 radical (unpaired) electrons. The van der Waals surface area contributed by atoms with E-state index in [1.807, 2.05) is 25.2 Å². The zero-order valence-corrected chi connectivity index (χ0v) is 15.0. The van der Waals surface area contributed by atoms with Gasteiger partial charge in [-0.25, -0.2) is 4.68 Å². The van der Waals surface area contributed by atoms with E-state index in [1.54, 1.807) is 16.4 Å². The molecule has 126 valence electrons. The molecular weight excluding hydrogens is 334 g/mol. The minimum Gasteiger partial charge on any atom is -0.493 e. The minimum absolute atomic E-state index is 0.719. The third-order valence-electron chi connectivity index (χ3n) is 3.11. The van der Waals surface area contributed by atoms with Gasteiger partial charge in [0.15, 0.2) is 0 Å². The highest BCUT2D eigenvalue weighted by Gasteiger charge is 2.05. The van der Waals surface area contributed by atoms with Crippen LogP contribution in [0.25, 0.3) is 0 Å². The van der Waals surface area contributed by atoms with Crippen molar-refractivity contribution >= 4 is 23.4 Å². The Hall–Kier alpha value is -1.31. The first kappa shape index (κ1) is 18.0. The Balaban J connectivity index is 1.71. The van der Waals surface area contributed by atoms with Crippen LogP contribution in [0.1, 0.15) is 25.3 Å². The Morgan fingerprint density at radius 3 is 3.00 bits per heavy atom. The summed E-state index contributed by atoms with van der Waals surface area (Å²) in [5.41, 5.74) is 1.09. The summed E-state index contributed by atoms with van der Waals surface area (Å²) in [5, 5.41) is 16.4. The van der Waals surface area contributed by atoms with Crippen LogP contribution < -0.4 is 10.1 Å². The molecule has 0 saturated carbocycles. The van der Waals surface area contributed by atoms with Gasteiger partial charge in [0, 0.05) is 29.9 Å². The van der Waals surface area contributed by atoms with Gasteiger partial charge >= 0.3 is 0 Å². The van der Waals surface area contributed by atoms with E-state index in [-0.39, 0.29) is 0 Å². The first-order valence-electron chi connectivity index (χ1n) is 7.67. The highest BCUT2D eigenvalue weighted by Crippen LogP contribution is 2.23. The maximum absolute atomic E-state index is 6.08. The molecule has 23 heavy (non-hydrogen) atoms. The number of halogens is 1. The number of tetrazole rings is 1. The zero-order valence-electron chi connectivity index (χ0n) is 13.5. The van der Waals surface area contributed by atoms with Gasteiger partial charge in [0.1, 0.15) is 5.75 Å². The van der Waals surface area contributed by atoms with Crippen molar-refractivity contribution in [2.45, 2.75) is 31.5 Å². The van der Waals surface area contributed by atoms with Gasteiger partial charge in [-0.05, 0) is 48.0 Å². The van der Waals surface area contributed by atoms with Gasteiger partial charge in [0.2, 0.25) is 5.16 Å². The van der Waals surface area contributed by atoms with Crippen LogP contribution in [0.5, 0.6) is 5.75 Å². The third kappa shape index (κ3) is 6.01. The average Bonchev–Trinajstić information content (AvgIpc) is 2.95. The van der Waals surface area contributed by atoms with Gasteiger partial charge in [0.05, 0.1) is 6.61 Å². The van der Waals surface area contributed by atoms with Crippen molar-refractivity contribution < 1.29 is 4.74 Å². The Bertz CT molecular complexity index is 607. The monoisotopic (exact) mass is 355 g/mol. The molecule has 1 aromatic carbocycles. The Morgan fingerprint density at radius 2 is 2.26 bits per heavy atom. The largest absolute Gasteiger partial charge is 0.493 e.